The van der Waals surface area contributed by atoms with E-state index >= 15 is 0 Å². The molecule has 1 aromatic rings. The third-order valence-corrected chi connectivity index (χ3v) is 4.72. The van der Waals surface area contributed by atoms with Crippen molar-refractivity contribution in [2.75, 3.05) is 23.4 Å². The lowest BCUT2D eigenvalue weighted by atomic mass is 9.85. The number of nitrogens with zero attached hydrogens (tertiary/aromatic N) is 1. The zero-order chi connectivity index (χ0) is 17.3. The average Bonchev–Trinajstić information content (AvgIpc) is 2.56. The van der Waals surface area contributed by atoms with Crippen molar-refractivity contribution in [3.63, 3.8) is 0 Å². The first-order valence-corrected chi connectivity index (χ1v) is 8.43. The van der Waals surface area contributed by atoms with Crippen molar-refractivity contribution >= 4 is 23.2 Å². The van der Waals surface area contributed by atoms with Gasteiger partial charge in [-0.25, -0.2) is 0 Å². The quantitative estimate of drug-likeness (QED) is 0.862. The smallest absolute Gasteiger partial charge is 0.236 e. The second-order valence-electron chi connectivity index (χ2n) is 7.18. The molecule has 3 rings (SSSR count). The van der Waals surface area contributed by atoms with E-state index in [1.165, 1.54) is 0 Å². The zero-order valence-electron chi connectivity index (χ0n) is 14.3. The third-order valence-electron chi connectivity index (χ3n) is 4.72. The van der Waals surface area contributed by atoms with E-state index in [4.69, 9.17) is 4.74 Å². The van der Waals surface area contributed by atoms with Gasteiger partial charge in [-0.1, -0.05) is 12.5 Å². The minimum Gasteiger partial charge on any atom is -0.490 e. The summed E-state index contributed by atoms with van der Waals surface area (Å²) in [5, 5.41) is 2.95. The van der Waals surface area contributed by atoms with E-state index in [-0.39, 0.29) is 17.7 Å². The highest BCUT2D eigenvalue weighted by Gasteiger charge is 2.37. The Balaban J connectivity index is 1.91. The molecule has 2 aliphatic rings. The number of hydrogen-bond donors (Lipinski definition) is 1. The molecule has 24 heavy (non-hydrogen) atoms. The first kappa shape index (κ1) is 16.6. The van der Waals surface area contributed by atoms with Gasteiger partial charge in [-0.15, -0.1) is 6.58 Å². The SMILES string of the molecule is C=CCN1C(=O)C(C)(C)COc2ccc(NC(=O)C3CCC3)cc21. The number of amides is 2. The normalized spacial score (nSPS) is 19.6. The van der Waals surface area contributed by atoms with Crippen LogP contribution in [0.4, 0.5) is 11.4 Å². The Morgan fingerprint density at radius 2 is 2.21 bits per heavy atom. The molecule has 0 bridgehead atoms. The molecule has 0 unspecified atom stereocenters. The van der Waals surface area contributed by atoms with Crippen molar-refractivity contribution in [2.45, 2.75) is 33.1 Å². The summed E-state index contributed by atoms with van der Waals surface area (Å²) in [5.41, 5.74) is 0.755. The number of nitrogens with one attached hydrogen (secondary N) is 1. The van der Waals surface area contributed by atoms with Gasteiger partial charge in [0.2, 0.25) is 11.8 Å². The first-order valence-electron chi connectivity index (χ1n) is 8.43. The fourth-order valence-electron chi connectivity index (χ4n) is 2.95. The van der Waals surface area contributed by atoms with Crippen LogP contribution in [0.25, 0.3) is 0 Å². The summed E-state index contributed by atoms with van der Waals surface area (Å²) in [6, 6.07) is 5.45. The molecule has 0 saturated heterocycles. The Bertz CT molecular complexity index is 677. The number of rotatable bonds is 4. The van der Waals surface area contributed by atoms with E-state index in [0.717, 1.165) is 19.3 Å². The molecule has 128 valence electrons. The summed E-state index contributed by atoms with van der Waals surface area (Å²) >= 11 is 0. The van der Waals surface area contributed by atoms with Gasteiger partial charge in [0.15, 0.2) is 0 Å². The molecular formula is C19H24N2O3. The standard InChI is InChI=1S/C19H24N2O3/c1-4-10-21-15-11-14(20-17(22)13-6-5-7-13)8-9-16(15)24-12-19(2,3)18(21)23/h4,8-9,11,13H,1,5-7,10,12H2,2-3H3,(H,20,22). The maximum atomic E-state index is 12.8. The van der Waals surface area contributed by atoms with Crippen LogP contribution in [-0.4, -0.2) is 25.0 Å². The lowest BCUT2D eigenvalue weighted by Crippen LogP contribution is -2.42. The van der Waals surface area contributed by atoms with E-state index in [2.05, 4.69) is 11.9 Å². The minimum atomic E-state index is -0.614. The molecule has 5 nitrogen and oxygen atoms in total. The van der Waals surface area contributed by atoms with Gasteiger partial charge in [0.1, 0.15) is 12.4 Å². The van der Waals surface area contributed by atoms with E-state index in [0.29, 0.717) is 30.3 Å². The summed E-state index contributed by atoms with van der Waals surface area (Å²) < 4.78 is 5.84. The molecule has 5 heteroatoms. The van der Waals surface area contributed by atoms with Gasteiger partial charge < -0.3 is 15.0 Å². The first-order chi connectivity index (χ1) is 11.4. The Labute approximate surface area is 142 Å². The lowest BCUT2D eigenvalue weighted by molar-refractivity contribution is -0.127. The van der Waals surface area contributed by atoms with Crippen molar-refractivity contribution in [3.05, 3.63) is 30.9 Å². The van der Waals surface area contributed by atoms with Crippen LogP contribution >= 0.6 is 0 Å². The van der Waals surface area contributed by atoms with Gasteiger partial charge in [-0.2, -0.15) is 0 Å². The molecular weight excluding hydrogens is 304 g/mol. The highest BCUT2D eigenvalue weighted by Crippen LogP contribution is 2.38. The molecule has 1 aromatic carbocycles. The van der Waals surface area contributed by atoms with Crippen LogP contribution < -0.4 is 15.0 Å². The van der Waals surface area contributed by atoms with E-state index in [9.17, 15) is 9.59 Å². The van der Waals surface area contributed by atoms with E-state index < -0.39 is 5.41 Å². The Morgan fingerprint density at radius 1 is 1.46 bits per heavy atom. The van der Waals surface area contributed by atoms with Crippen molar-refractivity contribution in [1.82, 2.24) is 0 Å². The van der Waals surface area contributed by atoms with Crippen LogP contribution in [0.2, 0.25) is 0 Å². The zero-order valence-corrected chi connectivity index (χ0v) is 14.3. The Morgan fingerprint density at radius 3 is 2.83 bits per heavy atom. The summed E-state index contributed by atoms with van der Waals surface area (Å²) in [6.45, 7) is 8.21. The Kier molecular flexibility index (Phi) is 4.35. The highest BCUT2D eigenvalue weighted by atomic mass is 16.5. The number of anilines is 2. The lowest BCUT2D eigenvalue weighted by Gasteiger charge is -2.27. The Hall–Kier alpha value is -2.30. The second-order valence-corrected chi connectivity index (χ2v) is 7.18. The molecule has 1 saturated carbocycles. The van der Waals surface area contributed by atoms with Gasteiger partial charge in [-0.05, 0) is 44.9 Å². The van der Waals surface area contributed by atoms with E-state index in [1.54, 1.807) is 11.0 Å². The third kappa shape index (κ3) is 3.03. The molecule has 2 amide bonds. The van der Waals surface area contributed by atoms with Crippen molar-refractivity contribution in [3.8, 4) is 5.75 Å². The minimum absolute atomic E-state index is 0.0105. The van der Waals surface area contributed by atoms with Gasteiger partial charge in [0.05, 0.1) is 11.1 Å². The number of hydrogen-bond acceptors (Lipinski definition) is 3. The van der Waals surface area contributed by atoms with E-state index in [1.807, 2.05) is 32.0 Å². The fraction of sp³-hybridized carbons (Fsp3) is 0.474. The second kappa shape index (κ2) is 6.30. The van der Waals surface area contributed by atoms with Crippen LogP contribution in [0.15, 0.2) is 30.9 Å². The van der Waals surface area contributed by atoms with Gasteiger partial charge in [0, 0.05) is 18.2 Å². The topological polar surface area (TPSA) is 58.6 Å². The molecule has 1 fully saturated rings. The molecule has 1 aliphatic heterocycles. The number of carbonyl (C=O) groups excluding carboxylic acids is 2. The number of ether oxygens (including phenoxy) is 1. The van der Waals surface area contributed by atoms with Crippen LogP contribution in [0.1, 0.15) is 33.1 Å². The molecule has 1 aliphatic carbocycles. The van der Waals surface area contributed by atoms with Crippen LogP contribution in [0.5, 0.6) is 5.75 Å². The summed E-state index contributed by atoms with van der Waals surface area (Å²) in [4.78, 5) is 26.7. The molecule has 1 heterocycles. The molecule has 0 aromatic heterocycles. The summed E-state index contributed by atoms with van der Waals surface area (Å²) in [6.07, 6.45) is 4.72. The average molecular weight is 328 g/mol. The number of benzene rings is 1. The van der Waals surface area contributed by atoms with Crippen LogP contribution in [-0.2, 0) is 9.59 Å². The number of fused-ring (bicyclic) bond motifs is 1. The molecule has 0 spiro atoms. The maximum absolute atomic E-state index is 12.8. The largest absolute Gasteiger partial charge is 0.490 e. The van der Waals surface area contributed by atoms with Gasteiger partial charge >= 0.3 is 0 Å². The molecule has 0 atom stereocenters. The van der Waals surface area contributed by atoms with Crippen molar-refractivity contribution in [2.24, 2.45) is 11.3 Å². The van der Waals surface area contributed by atoms with Crippen molar-refractivity contribution < 1.29 is 14.3 Å². The van der Waals surface area contributed by atoms with Gasteiger partial charge in [-0.3, -0.25) is 9.59 Å². The summed E-state index contributed by atoms with van der Waals surface area (Å²) in [7, 11) is 0. The molecule has 0 radical (unpaired) electrons. The van der Waals surface area contributed by atoms with Crippen LogP contribution in [0.3, 0.4) is 0 Å². The predicted octanol–water partition coefficient (Wildman–Crippen LogP) is 3.36. The molecule has 1 N–H and O–H groups in total. The maximum Gasteiger partial charge on any atom is 0.236 e. The predicted molar refractivity (Wildman–Crippen MR) is 94.2 cm³/mol. The summed E-state index contributed by atoms with van der Waals surface area (Å²) in [5.74, 6) is 0.809. The number of carbonyl (C=O) groups is 2. The fourth-order valence-corrected chi connectivity index (χ4v) is 2.95. The van der Waals surface area contributed by atoms with Gasteiger partial charge in [0.25, 0.3) is 0 Å². The highest BCUT2D eigenvalue weighted by molar-refractivity contribution is 6.01. The monoisotopic (exact) mass is 328 g/mol. The van der Waals surface area contributed by atoms with Crippen LogP contribution in [0, 0.1) is 11.3 Å². The van der Waals surface area contributed by atoms with Crippen molar-refractivity contribution in [1.29, 1.82) is 0 Å².